The quantitative estimate of drug-likeness (QED) is 0.624. The van der Waals surface area contributed by atoms with Gasteiger partial charge in [0.2, 0.25) is 5.88 Å². The molecule has 1 aromatic heterocycles. The van der Waals surface area contributed by atoms with E-state index in [0.29, 0.717) is 10.7 Å². The smallest absolute Gasteiger partial charge is 0.233 e. The molecule has 62 valence electrons. The van der Waals surface area contributed by atoms with Crippen molar-refractivity contribution in [3.63, 3.8) is 0 Å². The van der Waals surface area contributed by atoms with Gasteiger partial charge in [0.25, 0.3) is 0 Å². The molecule has 0 radical (unpaired) electrons. The normalized spacial score (nSPS) is 9.17. The Kier molecular flexibility index (Phi) is 2.51. The minimum Gasteiger partial charge on any atom is -0.480 e. The van der Waals surface area contributed by atoms with Crippen molar-refractivity contribution >= 4 is 11.6 Å². The molecule has 1 heterocycles. The van der Waals surface area contributed by atoms with Crippen molar-refractivity contribution in [1.82, 2.24) is 4.98 Å². The van der Waals surface area contributed by atoms with E-state index in [0.717, 1.165) is 5.56 Å². The second kappa shape index (κ2) is 3.42. The van der Waals surface area contributed by atoms with Crippen LogP contribution in [-0.4, -0.2) is 12.1 Å². The van der Waals surface area contributed by atoms with E-state index < -0.39 is 0 Å². The van der Waals surface area contributed by atoms with E-state index in [-0.39, 0.29) is 5.88 Å². The fourth-order valence-electron chi connectivity index (χ4n) is 0.888. The van der Waals surface area contributed by atoms with Gasteiger partial charge >= 0.3 is 0 Å². The molecule has 4 heteroatoms. The molecule has 0 spiro atoms. The van der Waals surface area contributed by atoms with Gasteiger partial charge in [-0.15, -0.1) is 0 Å². The van der Waals surface area contributed by atoms with Crippen LogP contribution < -0.4 is 4.74 Å². The number of pyridine rings is 1. The lowest BCUT2D eigenvalue weighted by atomic mass is 10.2. The highest BCUT2D eigenvalue weighted by Crippen LogP contribution is 2.21. The first-order valence-electron chi connectivity index (χ1n) is 3.30. The van der Waals surface area contributed by atoms with Crippen molar-refractivity contribution in [2.75, 3.05) is 7.11 Å². The zero-order valence-corrected chi connectivity index (χ0v) is 7.51. The van der Waals surface area contributed by atoms with E-state index in [2.05, 4.69) is 4.98 Å². The number of aromatic nitrogens is 1. The minimum absolute atomic E-state index is 0.280. The van der Waals surface area contributed by atoms with Crippen molar-refractivity contribution in [3.8, 4) is 11.9 Å². The molecule has 0 saturated heterocycles. The molecular formula is C8H7ClN2O. The summed E-state index contributed by atoms with van der Waals surface area (Å²) in [5.74, 6) is 0.280. The molecule has 1 rings (SSSR count). The molecule has 3 nitrogen and oxygen atoms in total. The van der Waals surface area contributed by atoms with Gasteiger partial charge in [-0.2, -0.15) is 5.26 Å². The summed E-state index contributed by atoms with van der Waals surface area (Å²) in [4.78, 5) is 3.84. The third-order valence-electron chi connectivity index (χ3n) is 1.46. The van der Waals surface area contributed by atoms with Gasteiger partial charge in [-0.25, -0.2) is 4.98 Å². The summed E-state index contributed by atoms with van der Waals surface area (Å²) >= 11 is 5.66. The number of rotatable bonds is 1. The highest BCUT2D eigenvalue weighted by atomic mass is 35.5. The summed E-state index contributed by atoms with van der Waals surface area (Å²) in [5.41, 5.74) is 1.20. The van der Waals surface area contributed by atoms with Crippen molar-refractivity contribution < 1.29 is 4.74 Å². The molecule has 0 bridgehead atoms. The average Bonchev–Trinajstić information content (AvgIpc) is 2.03. The minimum atomic E-state index is 0.280. The Morgan fingerprint density at radius 2 is 2.33 bits per heavy atom. The molecule has 0 saturated carbocycles. The summed E-state index contributed by atoms with van der Waals surface area (Å²) in [6.45, 7) is 1.79. The molecule has 0 atom stereocenters. The van der Waals surface area contributed by atoms with E-state index in [4.69, 9.17) is 21.6 Å². The standard InChI is InChI=1S/C8H7ClN2O/c1-5-3-7(9)11-8(12-2)6(5)4-10/h3H,1-2H3. The summed E-state index contributed by atoms with van der Waals surface area (Å²) in [6, 6.07) is 3.62. The van der Waals surface area contributed by atoms with E-state index in [1.807, 2.05) is 6.07 Å². The second-order valence-electron chi connectivity index (χ2n) is 2.26. The van der Waals surface area contributed by atoms with Crippen LogP contribution in [0.15, 0.2) is 6.07 Å². The van der Waals surface area contributed by atoms with E-state index >= 15 is 0 Å². The summed E-state index contributed by atoms with van der Waals surface area (Å²) in [7, 11) is 1.46. The number of hydrogen-bond donors (Lipinski definition) is 0. The molecule has 0 aliphatic heterocycles. The van der Waals surface area contributed by atoms with Gasteiger partial charge in [0.05, 0.1) is 7.11 Å². The summed E-state index contributed by atoms with van der Waals surface area (Å²) in [6.07, 6.45) is 0. The molecule has 0 aromatic carbocycles. The Balaban J connectivity index is 3.36. The lowest BCUT2D eigenvalue weighted by Gasteiger charge is -2.03. The van der Waals surface area contributed by atoms with E-state index in [1.54, 1.807) is 13.0 Å². The lowest BCUT2D eigenvalue weighted by Crippen LogP contribution is -1.94. The summed E-state index contributed by atoms with van der Waals surface area (Å²) < 4.78 is 4.88. The monoisotopic (exact) mass is 182 g/mol. The predicted molar refractivity (Wildman–Crippen MR) is 45.3 cm³/mol. The molecule has 12 heavy (non-hydrogen) atoms. The first-order chi connectivity index (χ1) is 5.69. The van der Waals surface area contributed by atoms with Crippen LogP contribution >= 0.6 is 11.6 Å². The van der Waals surface area contributed by atoms with Gasteiger partial charge in [-0.3, -0.25) is 0 Å². The number of ether oxygens (including phenoxy) is 1. The van der Waals surface area contributed by atoms with Crippen molar-refractivity contribution in [3.05, 3.63) is 22.3 Å². The fraction of sp³-hybridized carbons (Fsp3) is 0.250. The van der Waals surface area contributed by atoms with Crippen molar-refractivity contribution in [2.45, 2.75) is 6.92 Å². The Morgan fingerprint density at radius 1 is 1.67 bits per heavy atom. The third-order valence-corrected chi connectivity index (χ3v) is 1.65. The maximum atomic E-state index is 8.71. The molecule has 0 aliphatic carbocycles. The van der Waals surface area contributed by atoms with Crippen LogP contribution in [-0.2, 0) is 0 Å². The van der Waals surface area contributed by atoms with Gasteiger partial charge in [-0.1, -0.05) is 11.6 Å². The topological polar surface area (TPSA) is 45.9 Å². The van der Waals surface area contributed by atoms with Crippen LogP contribution in [0.4, 0.5) is 0 Å². The molecule has 0 aliphatic rings. The first-order valence-corrected chi connectivity index (χ1v) is 3.68. The van der Waals surface area contributed by atoms with E-state index in [9.17, 15) is 0 Å². The Bertz CT molecular complexity index is 344. The molecule has 1 aromatic rings. The summed E-state index contributed by atoms with van der Waals surface area (Å²) in [5, 5.41) is 9.04. The largest absolute Gasteiger partial charge is 0.480 e. The van der Waals surface area contributed by atoms with Crippen molar-refractivity contribution in [1.29, 1.82) is 5.26 Å². The number of nitrogens with zero attached hydrogens (tertiary/aromatic N) is 2. The fourth-order valence-corrected chi connectivity index (χ4v) is 1.13. The molecule has 0 amide bonds. The maximum Gasteiger partial charge on any atom is 0.233 e. The second-order valence-corrected chi connectivity index (χ2v) is 2.65. The van der Waals surface area contributed by atoms with Crippen LogP contribution in [0.2, 0.25) is 5.15 Å². The maximum absolute atomic E-state index is 8.71. The number of hydrogen-bond acceptors (Lipinski definition) is 3. The average molecular weight is 183 g/mol. The molecule has 0 unspecified atom stereocenters. The van der Waals surface area contributed by atoms with Gasteiger partial charge in [0.1, 0.15) is 16.8 Å². The highest BCUT2D eigenvalue weighted by Gasteiger charge is 2.08. The van der Waals surface area contributed by atoms with Crippen LogP contribution in [0.5, 0.6) is 5.88 Å². The van der Waals surface area contributed by atoms with Crippen LogP contribution in [0.3, 0.4) is 0 Å². The molecule has 0 fully saturated rings. The SMILES string of the molecule is COc1nc(Cl)cc(C)c1C#N. The highest BCUT2D eigenvalue weighted by molar-refractivity contribution is 6.29. The molecular weight excluding hydrogens is 176 g/mol. The Morgan fingerprint density at radius 3 is 2.83 bits per heavy atom. The number of halogens is 1. The van der Waals surface area contributed by atoms with Crippen molar-refractivity contribution in [2.24, 2.45) is 0 Å². The lowest BCUT2D eigenvalue weighted by molar-refractivity contribution is 0.396. The van der Waals surface area contributed by atoms with Gasteiger partial charge in [-0.05, 0) is 18.6 Å². The van der Waals surface area contributed by atoms with Crippen LogP contribution in [0, 0.1) is 18.3 Å². The van der Waals surface area contributed by atoms with Gasteiger partial charge in [0, 0.05) is 0 Å². The first kappa shape index (κ1) is 8.82. The Labute approximate surface area is 75.6 Å². The number of methoxy groups -OCH3 is 1. The number of aryl methyl sites for hydroxylation is 1. The van der Waals surface area contributed by atoms with Crippen LogP contribution in [0.25, 0.3) is 0 Å². The zero-order chi connectivity index (χ0) is 9.14. The zero-order valence-electron chi connectivity index (χ0n) is 6.76. The Hall–Kier alpha value is -1.27. The van der Waals surface area contributed by atoms with Crippen LogP contribution in [0.1, 0.15) is 11.1 Å². The van der Waals surface area contributed by atoms with Gasteiger partial charge < -0.3 is 4.74 Å². The molecule has 0 N–H and O–H groups in total. The predicted octanol–water partition coefficient (Wildman–Crippen LogP) is 1.92. The van der Waals surface area contributed by atoms with E-state index in [1.165, 1.54) is 7.11 Å². The number of nitriles is 1. The third kappa shape index (κ3) is 1.49. The van der Waals surface area contributed by atoms with Gasteiger partial charge in [0.15, 0.2) is 0 Å².